The molecule has 4 rings (SSSR count). The Bertz CT molecular complexity index is 1550. The number of carbonyl (C=O) groups excluding carboxylic acids is 2. The first-order valence-corrected chi connectivity index (χ1v) is 13.5. The summed E-state index contributed by atoms with van der Waals surface area (Å²) in [6.45, 7) is 7.62. The van der Waals surface area contributed by atoms with Crippen LogP contribution in [-0.4, -0.2) is 53.2 Å². The molecule has 0 atom stereocenters. The van der Waals surface area contributed by atoms with Gasteiger partial charge in [-0.05, 0) is 70.2 Å². The van der Waals surface area contributed by atoms with Crippen LogP contribution in [0.4, 0.5) is 17.2 Å². The maximum Gasteiger partial charge on any atom is 0.258 e. The minimum Gasteiger partial charge on any atom is -0.484 e. The lowest BCUT2D eigenvalue weighted by Gasteiger charge is -2.15. The van der Waals surface area contributed by atoms with E-state index in [2.05, 4.69) is 21.3 Å². The number of amides is 2. The SMILES string of the molecule is CC(C)NC(=O)CNc1ccc(Nc2nc(-c3cccc(OCC(=O)NC(C)C)c3)nc3ccccc23)cc1C=N. The van der Waals surface area contributed by atoms with Crippen LogP contribution in [0.15, 0.2) is 66.7 Å². The van der Waals surface area contributed by atoms with Crippen molar-refractivity contribution < 1.29 is 14.3 Å². The van der Waals surface area contributed by atoms with Crippen LogP contribution in [0.25, 0.3) is 22.3 Å². The molecule has 0 saturated carbocycles. The number of para-hydroxylation sites is 1. The third-order valence-corrected chi connectivity index (χ3v) is 5.87. The Morgan fingerprint density at radius 3 is 2.41 bits per heavy atom. The minimum absolute atomic E-state index is 0.0353. The lowest BCUT2D eigenvalue weighted by molar-refractivity contribution is -0.123. The average molecular weight is 554 g/mol. The van der Waals surface area contributed by atoms with Crippen LogP contribution in [-0.2, 0) is 9.59 Å². The molecule has 0 aliphatic rings. The second-order valence-electron chi connectivity index (χ2n) is 10.1. The van der Waals surface area contributed by atoms with Gasteiger partial charge in [0.15, 0.2) is 12.4 Å². The van der Waals surface area contributed by atoms with Crippen LogP contribution in [0.5, 0.6) is 5.75 Å². The summed E-state index contributed by atoms with van der Waals surface area (Å²) in [6, 6.07) is 20.6. The second-order valence-corrected chi connectivity index (χ2v) is 10.1. The summed E-state index contributed by atoms with van der Waals surface area (Å²) in [5.74, 6) is 1.31. The lowest BCUT2D eigenvalue weighted by Crippen LogP contribution is -2.34. The Kier molecular flexibility index (Phi) is 9.47. The monoisotopic (exact) mass is 553 g/mol. The molecular formula is C31H35N7O3. The summed E-state index contributed by atoms with van der Waals surface area (Å²) in [6.07, 6.45) is 1.24. The highest BCUT2D eigenvalue weighted by Crippen LogP contribution is 2.30. The first kappa shape index (κ1) is 29.0. The number of ether oxygens (including phenoxy) is 1. The maximum absolute atomic E-state index is 12.1. The van der Waals surface area contributed by atoms with Gasteiger partial charge in [0.2, 0.25) is 5.91 Å². The first-order chi connectivity index (χ1) is 19.7. The highest BCUT2D eigenvalue weighted by Gasteiger charge is 2.13. The number of fused-ring (bicyclic) bond motifs is 1. The van der Waals surface area contributed by atoms with E-state index in [1.165, 1.54) is 6.21 Å². The van der Waals surface area contributed by atoms with E-state index in [1.54, 1.807) is 12.1 Å². The van der Waals surface area contributed by atoms with Crippen molar-refractivity contribution in [2.45, 2.75) is 39.8 Å². The second kappa shape index (κ2) is 13.4. The van der Waals surface area contributed by atoms with Crippen LogP contribution in [0.3, 0.4) is 0 Å². The van der Waals surface area contributed by atoms with Crippen LogP contribution in [0.1, 0.15) is 33.3 Å². The third kappa shape index (κ3) is 8.01. The molecule has 3 aromatic carbocycles. The van der Waals surface area contributed by atoms with E-state index < -0.39 is 0 Å². The number of nitrogens with zero attached hydrogens (tertiary/aromatic N) is 2. The molecule has 1 aromatic heterocycles. The maximum atomic E-state index is 12.1. The van der Waals surface area contributed by atoms with Crippen molar-refractivity contribution in [1.29, 1.82) is 5.41 Å². The van der Waals surface area contributed by atoms with Crippen molar-refractivity contribution in [2.75, 3.05) is 23.8 Å². The normalized spacial score (nSPS) is 10.9. The standard InChI is InChI=1S/C31H35N7O3/c1-19(2)34-28(39)17-33-26-13-12-23(14-22(26)16-32)36-31-25-10-5-6-11-27(25)37-30(38-31)21-8-7-9-24(15-21)41-18-29(40)35-20(3)4/h5-16,19-20,32-33H,17-18H2,1-4H3,(H,34,39)(H,35,40)(H,36,37,38). The first-order valence-electron chi connectivity index (χ1n) is 13.5. The van der Waals surface area contributed by atoms with Crippen LogP contribution < -0.4 is 26.0 Å². The van der Waals surface area contributed by atoms with Gasteiger partial charge in [-0.15, -0.1) is 0 Å². The molecule has 212 valence electrons. The Balaban J connectivity index is 1.58. The molecule has 0 unspecified atom stereocenters. The van der Waals surface area contributed by atoms with Crippen molar-refractivity contribution in [3.8, 4) is 17.1 Å². The fourth-order valence-corrected chi connectivity index (χ4v) is 4.14. The van der Waals surface area contributed by atoms with E-state index in [9.17, 15) is 9.59 Å². The molecule has 0 spiro atoms. The van der Waals surface area contributed by atoms with E-state index in [0.717, 1.165) is 22.2 Å². The molecule has 2 amide bonds. The van der Waals surface area contributed by atoms with Gasteiger partial charge in [-0.2, -0.15) is 0 Å². The van der Waals surface area contributed by atoms with Gasteiger partial charge in [0, 0.05) is 46.2 Å². The quantitative estimate of drug-likeness (QED) is 0.158. The summed E-state index contributed by atoms with van der Waals surface area (Å²) < 4.78 is 5.70. The Hall–Kier alpha value is -4.99. The average Bonchev–Trinajstić information content (AvgIpc) is 2.94. The predicted molar refractivity (Wildman–Crippen MR) is 163 cm³/mol. The van der Waals surface area contributed by atoms with E-state index >= 15 is 0 Å². The molecule has 41 heavy (non-hydrogen) atoms. The fraction of sp³-hybridized carbons (Fsp3) is 0.258. The predicted octanol–water partition coefficient (Wildman–Crippen LogP) is 4.88. The number of rotatable bonds is 12. The highest BCUT2D eigenvalue weighted by molar-refractivity contribution is 5.94. The largest absolute Gasteiger partial charge is 0.484 e. The van der Waals surface area contributed by atoms with Crippen molar-refractivity contribution in [3.63, 3.8) is 0 Å². The van der Waals surface area contributed by atoms with Gasteiger partial charge < -0.3 is 31.4 Å². The zero-order chi connectivity index (χ0) is 29.4. The van der Waals surface area contributed by atoms with Crippen LogP contribution >= 0.6 is 0 Å². The molecule has 1 heterocycles. The molecule has 10 heteroatoms. The van der Waals surface area contributed by atoms with Crippen molar-refractivity contribution in [3.05, 3.63) is 72.3 Å². The molecule has 5 N–H and O–H groups in total. The third-order valence-electron chi connectivity index (χ3n) is 5.87. The number of anilines is 3. The fourth-order valence-electron chi connectivity index (χ4n) is 4.14. The van der Waals surface area contributed by atoms with Gasteiger partial charge in [-0.25, -0.2) is 9.97 Å². The summed E-state index contributed by atoms with van der Waals surface area (Å²) >= 11 is 0. The molecule has 10 nitrogen and oxygen atoms in total. The summed E-state index contributed by atoms with van der Waals surface area (Å²) in [5, 5.41) is 20.9. The zero-order valence-electron chi connectivity index (χ0n) is 23.6. The molecule has 0 radical (unpaired) electrons. The lowest BCUT2D eigenvalue weighted by atomic mass is 10.1. The molecule has 0 saturated heterocycles. The molecule has 0 bridgehead atoms. The van der Waals surface area contributed by atoms with Crippen molar-refractivity contribution in [1.82, 2.24) is 20.6 Å². The summed E-state index contributed by atoms with van der Waals surface area (Å²) in [4.78, 5) is 33.7. The molecule has 4 aromatic rings. The molecule has 0 aliphatic carbocycles. The van der Waals surface area contributed by atoms with E-state index in [1.807, 2.05) is 82.3 Å². The van der Waals surface area contributed by atoms with Gasteiger partial charge in [0.05, 0.1) is 12.1 Å². The van der Waals surface area contributed by atoms with Crippen LogP contribution in [0, 0.1) is 5.41 Å². The summed E-state index contributed by atoms with van der Waals surface area (Å²) in [5.41, 5.74) is 3.52. The van der Waals surface area contributed by atoms with Crippen LogP contribution in [0.2, 0.25) is 0 Å². The number of aromatic nitrogens is 2. The number of benzene rings is 3. The Labute approximate surface area is 239 Å². The smallest absolute Gasteiger partial charge is 0.258 e. The van der Waals surface area contributed by atoms with Crippen molar-refractivity contribution >= 4 is 46.1 Å². The van der Waals surface area contributed by atoms with E-state index in [-0.39, 0.29) is 37.0 Å². The minimum atomic E-state index is -0.191. The number of carbonyl (C=O) groups is 2. The number of hydrogen-bond donors (Lipinski definition) is 5. The highest BCUT2D eigenvalue weighted by atomic mass is 16.5. The van der Waals surface area contributed by atoms with E-state index in [0.29, 0.717) is 28.6 Å². The van der Waals surface area contributed by atoms with Gasteiger partial charge in [-0.3, -0.25) is 9.59 Å². The molecule has 0 aliphatic heterocycles. The zero-order valence-corrected chi connectivity index (χ0v) is 23.6. The molecule has 0 fully saturated rings. The van der Waals surface area contributed by atoms with Gasteiger partial charge in [-0.1, -0.05) is 24.3 Å². The van der Waals surface area contributed by atoms with Gasteiger partial charge >= 0.3 is 0 Å². The summed E-state index contributed by atoms with van der Waals surface area (Å²) in [7, 11) is 0. The van der Waals surface area contributed by atoms with Gasteiger partial charge in [0.1, 0.15) is 11.6 Å². The Morgan fingerprint density at radius 2 is 1.66 bits per heavy atom. The number of hydrogen-bond acceptors (Lipinski definition) is 8. The number of nitrogens with one attached hydrogen (secondary N) is 5. The topological polar surface area (TPSA) is 141 Å². The van der Waals surface area contributed by atoms with Gasteiger partial charge in [0.25, 0.3) is 5.91 Å². The molecular weight excluding hydrogens is 518 g/mol. The van der Waals surface area contributed by atoms with Crippen molar-refractivity contribution in [2.24, 2.45) is 0 Å². The van der Waals surface area contributed by atoms with E-state index in [4.69, 9.17) is 20.1 Å². The Morgan fingerprint density at radius 1 is 0.902 bits per heavy atom.